The number of rotatable bonds is 2. The first-order valence-corrected chi connectivity index (χ1v) is 5.24. The third kappa shape index (κ3) is 1.53. The van der Waals surface area contributed by atoms with E-state index in [0.29, 0.717) is 5.82 Å². The first-order valence-electron chi connectivity index (χ1n) is 5.24. The third-order valence-electron chi connectivity index (χ3n) is 2.54. The van der Waals surface area contributed by atoms with E-state index in [2.05, 4.69) is 15.2 Å². The number of fused-ring (bicyclic) bond motifs is 1. The van der Waals surface area contributed by atoms with Crippen LogP contribution in [0.25, 0.3) is 11.3 Å². The normalized spacial score (nSPS) is 10.9. The van der Waals surface area contributed by atoms with Crippen molar-refractivity contribution in [2.45, 2.75) is 6.92 Å². The van der Waals surface area contributed by atoms with Crippen LogP contribution in [-0.4, -0.2) is 35.5 Å². The van der Waals surface area contributed by atoms with Crippen LogP contribution in [0.4, 0.5) is 0 Å². The monoisotopic (exact) mass is 243 g/mol. The molecule has 7 nitrogen and oxygen atoms in total. The number of carbonyl (C=O) groups is 1. The molecule has 1 N–H and O–H groups in total. The van der Waals surface area contributed by atoms with Gasteiger partial charge in [0.05, 0.1) is 17.5 Å². The highest BCUT2D eigenvalue weighted by Gasteiger charge is 2.11. The van der Waals surface area contributed by atoms with Crippen molar-refractivity contribution in [3.63, 3.8) is 0 Å². The van der Waals surface area contributed by atoms with Crippen molar-refractivity contribution in [3.05, 3.63) is 42.1 Å². The first-order chi connectivity index (χ1) is 8.65. The summed E-state index contributed by atoms with van der Waals surface area (Å²) in [7, 11) is 0. The highest BCUT2D eigenvalue weighted by molar-refractivity contribution is 5.87. The highest BCUT2D eigenvalue weighted by atomic mass is 16.4. The predicted molar refractivity (Wildman–Crippen MR) is 61.8 cm³/mol. The van der Waals surface area contributed by atoms with Crippen molar-refractivity contribution in [1.29, 1.82) is 0 Å². The molecule has 0 aromatic carbocycles. The molecule has 7 heteroatoms. The van der Waals surface area contributed by atoms with Gasteiger partial charge in [-0.15, -0.1) is 0 Å². The predicted octanol–water partition coefficient (Wildman–Crippen LogP) is 0.922. The Kier molecular flexibility index (Phi) is 2.12. The molecule has 18 heavy (non-hydrogen) atoms. The Hall–Kier alpha value is -2.70. The van der Waals surface area contributed by atoms with Gasteiger partial charge in [-0.2, -0.15) is 10.2 Å². The van der Waals surface area contributed by atoms with Crippen LogP contribution in [0.3, 0.4) is 0 Å². The van der Waals surface area contributed by atoms with Gasteiger partial charge >= 0.3 is 5.97 Å². The minimum Gasteiger partial charge on any atom is -0.478 e. The van der Waals surface area contributed by atoms with Crippen LogP contribution in [0.15, 0.2) is 30.9 Å². The lowest BCUT2D eigenvalue weighted by Crippen LogP contribution is -2.01. The number of carboxylic acid groups (broad SMARTS) is 1. The number of hydrogen-bond acceptors (Lipinski definition) is 4. The maximum absolute atomic E-state index is 10.8. The number of aryl methyl sites for hydroxylation is 1. The molecule has 3 rings (SSSR count). The Morgan fingerprint density at radius 2 is 2.28 bits per heavy atom. The molecule has 0 saturated carbocycles. The summed E-state index contributed by atoms with van der Waals surface area (Å²) in [4.78, 5) is 15.0. The molecule has 0 unspecified atom stereocenters. The maximum Gasteiger partial charge on any atom is 0.338 e. The van der Waals surface area contributed by atoms with Crippen molar-refractivity contribution < 1.29 is 9.90 Å². The molecule has 90 valence electrons. The van der Waals surface area contributed by atoms with Crippen LogP contribution in [0, 0.1) is 6.92 Å². The number of aromatic carboxylic acids is 1. The number of nitrogens with zero attached hydrogens (tertiary/aromatic N) is 5. The van der Waals surface area contributed by atoms with Crippen molar-refractivity contribution in [3.8, 4) is 5.82 Å². The largest absolute Gasteiger partial charge is 0.478 e. The second-order valence-corrected chi connectivity index (χ2v) is 3.85. The SMILES string of the molecule is Cc1cc2c(-n3cc(C(=O)O)cn3)nccn2n1. The molecule has 0 aliphatic carbocycles. The summed E-state index contributed by atoms with van der Waals surface area (Å²) < 4.78 is 3.11. The van der Waals surface area contributed by atoms with Crippen LogP contribution >= 0.6 is 0 Å². The van der Waals surface area contributed by atoms with Crippen molar-refractivity contribution in [2.75, 3.05) is 0 Å². The molecule has 3 aromatic rings. The Labute approximate surface area is 101 Å². The molecule has 0 amide bonds. The summed E-state index contributed by atoms with van der Waals surface area (Å²) in [6.07, 6.45) is 6.04. The van der Waals surface area contributed by atoms with Gasteiger partial charge < -0.3 is 5.11 Å². The van der Waals surface area contributed by atoms with E-state index in [1.54, 1.807) is 16.9 Å². The second kappa shape index (κ2) is 3.66. The number of hydrogen-bond donors (Lipinski definition) is 1. The van der Waals surface area contributed by atoms with Crippen LogP contribution in [0.5, 0.6) is 0 Å². The van der Waals surface area contributed by atoms with Crippen molar-refractivity contribution >= 4 is 11.5 Å². The Morgan fingerprint density at radius 3 is 3.00 bits per heavy atom. The van der Waals surface area contributed by atoms with E-state index >= 15 is 0 Å². The molecule has 0 saturated heterocycles. The molecule has 3 aromatic heterocycles. The van der Waals surface area contributed by atoms with Crippen LogP contribution in [0.1, 0.15) is 16.1 Å². The van der Waals surface area contributed by atoms with Gasteiger partial charge in [-0.25, -0.2) is 19.0 Å². The van der Waals surface area contributed by atoms with Crippen LogP contribution < -0.4 is 0 Å². The summed E-state index contributed by atoms with van der Waals surface area (Å²) in [5, 5.41) is 17.1. The maximum atomic E-state index is 10.8. The zero-order valence-electron chi connectivity index (χ0n) is 9.48. The van der Waals surface area contributed by atoms with Crippen LogP contribution in [-0.2, 0) is 0 Å². The van der Waals surface area contributed by atoms with Gasteiger partial charge in [0.1, 0.15) is 5.52 Å². The summed E-state index contributed by atoms with van der Waals surface area (Å²) in [5.74, 6) is -0.469. The zero-order valence-corrected chi connectivity index (χ0v) is 9.48. The average Bonchev–Trinajstić information content (AvgIpc) is 2.92. The van der Waals surface area contributed by atoms with Gasteiger partial charge in [0.25, 0.3) is 0 Å². The minimum atomic E-state index is -1.02. The van der Waals surface area contributed by atoms with E-state index in [1.807, 2.05) is 13.0 Å². The molecule has 0 fully saturated rings. The van der Waals surface area contributed by atoms with Crippen LogP contribution in [0.2, 0.25) is 0 Å². The molecule has 3 heterocycles. The Balaban J connectivity index is 2.21. The second-order valence-electron chi connectivity index (χ2n) is 3.85. The van der Waals surface area contributed by atoms with E-state index in [1.165, 1.54) is 17.1 Å². The summed E-state index contributed by atoms with van der Waals surface area (Å²) in [5.41, 5.74) is 1.75. The number of aromatic nitrogens is 5. The lowest BCUT2D eigenvalue weighted by Gasteiger charge is -2.01. The van der Waals surface area contributed by atoms with E-state index in [4.69, 9.17) is 5.11 Å². The molecule has 0 spiro atoms. The lowest BCUT2D eigenvalue weighted by atomic mass is 10.4. The van der Waals surface area contributed by atoms with Gasteiger partial charge in [0.2, 0.25) is 0 Å². The molecule has 0 radical (unpaired) electrons. The van der Waals surface area contributed by atoms with Gasteiger partial charge in [0, 0.05) is 18.6 Å². The van der Waals surface area contributed by atoms with Gasteiger partial charge in [0.15, 0.2) is 5.82 Å². The van der Waals surface area contributed by atoms with Gasteiger partial charge in [-0.05, 0) is 13.0 Å². The Morgan fingerprint density at radius 1 is 1.44 bits per heavy atom. The first kappa shape index (κ1) is 10.5. The average molecular weight is 243 g/mol. The fourth-order valence-corrected chi connectivity index (χ4v) is 1.76. The van der Waals surface area contributed by atoms with E-state index in [9.17, 15) is 4.79 Å². The van der Waals surface area contributed by atoms with E-state index in [-0.39, 0.29) is 5.56 Å². The Bertz CT molecular complexity index is 743. The smallest absolute Gasteiger partial charge is 0.338 e. The molecular weight excluding hydrogens is 234 g/mol. The quantitative estimate of drug-likeness (QED) is 0.723. The zero-order chi connectivity index (χ0) is 12.7. The minimum absolute atomic E-state index is 0.120. The molecule has 0 atom stereocenters. The standard InChI is InChI=1S/C11H9N5O2/c1-7-4-9-10(12-2-3-15(9)14-7)16-6-8(5-13-16)11(17)18/h2-6H,1H3,(H,17,18). The summed E-state index contributed by atoms with van der Waals surface area (Å²) >= 11 is 0. The lowest BCUT2D eigenvalue weighted by molar-refractivity contribution is 0.0697. The number of carboxylic acids is 1. The fourth-order valence-electron chi connectivity index (χ4n) is 1.76. The summed E-state index contributed by atoms with van der Waals surface area (Å²) in [6.45, 7) is 1.88. The van der Waals surface area contributed by atoms with Gasteiger partial charge in [-0.3, -0.25) is 0 Å². The molecule has 0 aliphatic rings. The van der Waals surface area contributed by atoms with Gasteiger partial charge in [-0.1, -0.05) is 0 Å². The van der Waals surface area contributed by atoms with Crippen molar-refractivity contribution in [1.82, 2.24) is 24.4 Å². The third-order valence-corrected chi connectivity index (χ3v) is 2.54. The van der Waals surface area contributed by atoms with Crippen molar-refractivity contribution in [2.24, 2.45) is 0 Å². The summed E-state index contributed by atoms with van der Waals surface area (Å²) in [6, 6.07) is 1.87. The molecule has 0 aliphatic heterocycles. The molecule has 0 bridgehead atoms. The highest BCUT2D eigenvalue weighted by Crippen LogP contribution is 2.14. The fraction of sp³-hybridized carbons (Fsp3) is 0.0909. The molecular formula is C11H9N5O2. The van der Waals surface area contributed by atoms with E-state index in [0.717, 1.165) is 11.2 Å². The van der Waals surface area contributed by atoms with E-state index < -0.39 is 5.97 Å². The topological polar surface area (TPSA) is 85.3 Å².